The Kier molecular flexibility index (Phi) is 6.31. The molecular weight excluding hydrogens is 504 g/mol. The van der Waals surface area contributed by atoms with Crippen LogP contribution in [0.5, 0.6) is 0 Å². The molecule has 1 amide bonds. The van der Waals surface area contributed by atoms with Crippen LogP contribution < -0.4 is 15.5 Å². The van der Waals surface area contributed by atoms with Crippen molar-refractivity contribution >= 4 is 34.3 Å². The van der Waals surface area contributed by atoms with E-state index in [2.05, 4.69) is 68.7 Å². The monoisotopic (exact) mass is 542 g/mol. The van der Waals surface area contributed by atoms with Gasteiger partial charge in [0.1, 0.15) is 23.6 Å². The van der Waals surface area contributed by atoms with Gasteiger partial charge in [0.05, 0.1) is 29.8 Å². The third-order valence-electron chi connectivity index (χ3n) is 8.26. The number of nitrogens with zero attached hydrogens (tertiary/aromatic N) is 7. The largest absolute Gasteiger partial charge is 0.442 e. The second-order valence-corrected chi connectivity index (χ2v) is 12.3. The number of carbonyl (C=O) groups is 1. The molecule has 2 aliphatic heterocycles. The molecule has 0 saturated carbocycles. The highest BCUT2D eigenvalue weighted by Crippen LogP contribution is 2.41. The van der Waals surface area contributed by atoms with E-state index in [0.29, 0.717) is 6.54 Å². The summed E-state index contributed by atoms with van der Waals surface area (Å²) < 4.78 is 7.31. The molecule has 10 nitrogen and oxygen atoms in total. The van der Waals surface area contributed by atoms with Gasteiger partial charge in [0.2, 0.25) is 0 Å². The molecule has 2 N–H and O–H groups in total. The molecule has 3 unspecified atom stereocenters. The van der Waals surface area contributed by atoms with E-state index in [1.807, 2.05) is 17.6 Å². The number of aromatic nitrogens is 5. The van der Waals surface area contributed by atoms with Crippen LogP contribution >= 0.6 is 0 Å². The van der Waals surface area contributed by atoms with Crippen LogP contribution in [0.3, 0.4) is 0 Å². The van der Waals surface area contributed by atoms with Gasteiger partial charge in [-0.05, 0) is 57.1 Å². The minimum Gasteiger partial charge on any atom is -0.442 e. The SMILES string of the molecule is Cc1nc(N2CCCCC2c2cc3nc(N4CC(OC(N)=O)C4C(C)(C)C)c(C)cn3n2)c2c(C)cccc2n1. The Labute approximate surface area is 234 Å². The van der Waals surface area contributed by atoms with Crippen LogP contribution in [-0.2, 0) is 4.74 Å². The van der Waals surface area contributed by atoms with E-state index in [1.54, 1.807) is 0 Å². The number of benzene rings is 1. The zero-order valence-corrected chi connectivity index (χ0v) is 24.2. The molecule has 0 radical (unpaired) electrons. The summed E-state index contributed by atoms with van der Waals surface area (Å²) in [6.07, 6.45) is 4.29. The zero-order chi connectivity index (χ0) is 28.3. The summed E-state index contributed by atoms with van der Waals surface area (Å²) in [6, 6.07) is 8.43. The van der Waals surface area contributed by atoms with Crippen LogP contribution in [0.4, 0.5) is 16.4 Å². The maximum absolute atomic E-state index is 11.5. The molecule has 0 bridgehead atoms. The number of nitrogens with two attached hydrogens (primary N) is 1. The molecule has 5 heterocycles. The Balaban J connectivity index is 1.38. The normalized spacial score (nSPS) is 21.6. The predicted molar refractivity (Wildman–Crippen MR) is 156 cm³/mol. The third-order valence-corrected chi connectivity index (χ3v) is 8.26. The minimum absolute atomic E-state index is 0.0256. The minimum atomic E-state index is -0.738. The molecule has 1 aromatic carbocycles. The second kappa shape index (κ2) is 9.60. The zero-order valence-electron chi connectivity index (χ0n) is 24.2. The highest BCUT2D eigenvalue weighted by molar-refractivity contribution is 5.92. The van der Waals surface area contributed by atoms with Gasteiger partial charge in [0, 0.05) is 29.8 Å². The van der Waals surface area contributed by atoms with Gasteiger partial charge >= 0.3 is 6.09 Å². The van der Waals surface area contributed by atoms with Crippen LogP contribution in [0.25, 0.3) is 16.6 Å². The van der Waals surface area contributed by atoms with Crippen molar-refractivity contribution < 1.29 is 9.53 Å². The predicted octanol–water partition coefficient (Wildman–Crippen LogP) is 5.03. The lowest BCUT2D eigenvalue weighted by molar-refractivity contribution is 0.0187. The number of fused-ring (bicyclic) bond motifs is 2. The fraction of sp³-hybridized carbons (Fsp3) is 0.500. The average molecular weight is 543 g/mol. The number of carbonyl (C=O) groups excluding carboxylic acids is 1. The van der Waals surface area contributed by atoms with E-state index in [9.17, 15) is 4.79 Å². The van der Waals surface area contributed by atoms with Gasteiger partial charge in [-0.2, -0.15) is 5.10 Å². The number of hydrogen-bond donors (Lipinski definition) is 1. The summed E-state index contributed by atoms with van der Waals surface area (Å²) in [5.41, 5.74) is 10.2. The van der Waals surface area contributed by atoms with Crippen molar-refractivity contribution in [2.45, 2.75) is 79.0 Å². The van der Waals surface area contributed by atoms with Crippen molar-refractivity contribution in [2.24, 2.45) is 11.1 Å². The first-order valence-electron chi connectivity index (χ1n) is 14.1. The van der Waals surface area contributed by atoms with E-state index in [1.165, 1.54) is 5.56 Å². The van der Waals surface area contributed by atoms with Gasteiger partial charge in [0.15, 0.2) is 5.65 Å². The van der Waals surface area contributed by atoms with Crippen LogP contribution in [-0.4, -0.2) is 55.9 Å². The fourth-order valence-corrected chi connectivity index (χ4v) is 6.58. The van der Waals surface area contributed by atoms with Crippen molar-refractivity contribution in [1.29, 1.82) is 0 Å². The summed E-state index contributed by atoms with van der Waals surface area (Å²) in [5.74, 6) is 2.65. The molecular formula is C30H38N8O2. The lowest BCUT2D eigenvalue weighted by Gasteiger charge is -2.53. The Morgan fingerprint density at radius 3 is 2.58 bits per heavy atom. The maximum Gasteiger partial charge on any atom is 0.404 e. The second-order valence-electron chi connectivity index (χ2n) is 12.3. The summed E-state index contributed by atoms with van der Waals surface area (Å²) in [5, 5.41) is 6.14. The van der Waals surface area contributed by atoms with E-state index < -0.39 is 6.09 Å². The Bertz CT molecular complexity index is 1610. The Hall–Kier alpha value is -3.95. The number of anilines is 2. The summed E-state index contributed by atoms with van der Waals surface area (Å²) >= 11 is 0. The molecule has 3 atom stereocenters. The molecule has 2 aliphatic rings. The summed E-state index contributed by atoms with van der Waals surface area (Å²) in [4.78, 5) is 30.9. The molecule has 210 valence electrons. The number of aryl methyl sites for hydroxylation is 3. The summed E-state index contributed by atoms with van der Waals surface area (Å²) in [7, 11) is 0. The number of hydrogen-bond acceptors (Lipinski definition) is 8. The highest BCUT2D eigenvalue weighted by atomic mass is 16.6. The first-order chi connectivity index (χ1) is 19.0. The van der Waals surface area contributed by atoms with Crippen molar-refractivity contribution in [3.05, 3.63) is 53.1 Å². The van der Waals surface area contributed by atoms with E-state index in [0.717, 1.165) is 71.1 Å². The number of ether oxygens (including phenoxy) is 1. The van der Waals surface area contributed by atoms with Gasteiger partial charge in [-0.15, -0.1) is 0 Å². The van der Waals surface area contributed by atoms with Crippen molar-refractivity contribution in [3.63, 3.8) is 0 Å². The van der Waals surface area contributed by atoms with E-state index >= 15 is 0 Å². The standard InChI is InChI=1S/C30H38N8O2/c1-17-10-9-11-20-25(17)28(33-19(3)32-20)36-13-8-7-12-22(36)21-14-24-34-27(18(2)15-38(24)35-21)37-16-23(40-29(31)39)26(37)30(4,5)6/h9-11,14-15,22-23,26H,7-8,12-13,16H2,1-6H3,(H2,31,39). The molecule has 0 spiro atoms. The average Bonchev–Trinajstić information content (AvgIpc) is 3.27. The quantitative estimate of drug-likeness (QED) is 0.382. The van der Waals surface area contributed by atoms with Gasteiger partial charge in [-0.3, -0.25) is 0 Å². The van der Waals surface area contributed by atoms with Crippen molar-refractivity contribution in [1.82, 2.24) is 24.6 Å². The Morgan fingerprint density at radius 2 is 1.82 bits per heavy atom. The maximum atomic E-state index is 11.5. The third kappa shape index (κ3) is 4.49. The smallest absolute Gasteiger partial charge is 0.404 e. The number of piperidine rings is 1. The summed E-state index contributed by atoms with van der Waals surface area (Å²) in [6.45, 7) is 14.0. The van der Waals surface area contributed by atoms with Gasteiger partial charge in [0.25, 0.3) is 0 Å². The first kappa shape index (κ1) is 26.3. The van der Waals surface area contributed by atoms with Crippen LogP contribution in [0.2, 0.25) is 0 Å². The van der Waals surface area contributed by atoms with Crippen molar-refractivity contribution in [2.75, 3.05) is 22.9 Å². The lowest BCUT2D eigenvalue weighted by Crippen LogP contribution is -2.67. The molecule has 2 fully saturated rings. The number of primary amides is 1. The van der Waals surface area contributed by atoms with Gasteiger partial charge in [-0.25, -0.2) is 24.3 Å². The molecule has 6 rings (SSSR count). The van der Waals surface area contributed by atoms with Gasteiger partial charge in [-0.1, -0.05) is 32.9 Å². The first-order valence-corrected chi connectivity index (χ1v) is 14.1. The van der Waals surface area contributed by atoms with Crippen molar-refractivity contribution in [3.8, 4) is 0 Å². The van der Waals surface area contributed by atoms with Crippen LogP contribution in [0.1, 0.15) is 68.7 Å². The molecule has 10 heteroatoms. The number of rotatable bonds is 4. The molecule has 2 saturated heterocycles. The number of amides is 1. The molecule has 4 aromatic rings. The van der Waals surface area contributed by atoms with Crippen LogP contribution in [0, 0.1) is 26.2 Å². The highest BCUT2D eigenvalue weighted by Gasteiger charge is 2.49. The lowest BCUT2D eigenvalue weighted by atomic mass is 9.77. The topological polar surface area (TPSA) is 115 Å². The molecule has 3 aromatic heterocycles. The van der Waals surface area contributed by atoms with E-state index in [4.69, 9.17) is 30.5 Å². The van der Waals surface area contributed by atoms with Gasteiger partial charge < -0.3 is 20.3 Å². The molecule has 0 aliphatic carbocycles. The Morgan fingerprint density at radius 1 is 1.02 bits per heavy atom. The fourth-order valence-electron chi connectivity index (χ4n) is 6.58. The van der Waals surface area contributed by atoms with E-state index in [-0.39, 0.29) is 23.6 Å². The molecule has 40 heavy (non-hydrogen) atoms. The van der Waals surface area contributed by atoms with Crippen LogP contribution in [0.15, 0.2) is 30.5 Å².